The molecular weight excluding hydrogens is 350 g/mol. The minimum Gasteiger partial charge on any atom is -0.363 e. The van der Waals surface area contributed by atoms with Crippen molar-refractivity contribution in [2.75, 3.05) is 5.32 Å². The summed E-state index contributed by atoms with van der Waals surface area (Å²) in [6.07, 6.45) is 5.27. The molecule has 4 aromatic heterocycles. The molecule has 1 aromatic carbocycles. The third-order valence-electron chi connectivity index (χ3n) is 4.91. The van der Waals surface area contributed by atoms with E-state index in [1.165, 1.54) is 0 Å². The molecule has 0 fully saturated rings. The normalized spacial score (nSPS) is 12.5. The van der Waals surface area contributed by atoms with Crippen molar-refractivity contribution in [1.29, 1.82) is 0 Å². The first-order chi connectivity index (χ1) is 13.7. The molecule has 5 aromatic rings. The first-order valence-electron chi connectivity index (χ1n) is 9.16. The highest BCUT2D eigenvalue weighted by Crippen LogP contribution is 2.30. The summed E-state index contributed by atoms with van der Waals surface area (Å²) in [6.45, 7) is 4.11. The Morgan fingerprint density at radius 2 is 1.93 bits per heavy atom. The number of aryl methyl sites for hydroxylation is 1. The molecule has 0 amide bonds. The lowest BCUT2D eigenvalue weighted by Gasteiger charge is -2.19. The molecular formula is C21H19N7. The van der Waals surface area contributed by atoms with Crippen LogP contribution in [-0.4, -0.2) is 29.5 Å². The van der Waals surface area contributed by atoms with Crippen molar-refractivity contribution in [1.82, 2.24) is 29.5 Å². The Bertz CT molecular complexity index is 1270. The zero-order valence-corrected chi connectivity index (χ0v) is 15.6. The summed E-state index contributed by atoms with van der Waals surface area (Å²) in [5, 5.41) is 9.38. The first-order valence-corrected chi connectivity index (χ1v) is 9.16. The molecule has 7 nitrogen and oxygen atoms in total. The van der Waals surface area contributed by atoms with Crippen LogP contribution in [-0.2, 0) is 0 Å². The molecule has 0 saturated carbocycles. The maximum absolute atomic E-state index is 4.90. The molecule has 0 aliphatic rings. The maximum Gasteiger partial charge on any atom is 0.154 e. The fourth-order valence-corrected chi connectivity index (χ4v) is 3.46. The van der Waals surface area contributed by atoms with E-state index < -0.39 is 0 Å². The van der Waals surface area contributed by atoms with E-state index >= 15 is 0 Å². The summed E-state index contributed by atoms with van der Waals surface area (Å²) in [5.41, 5.74) is 5.70. The topological polar surface area (TPSA) is 83.8 Å². The number of hydrogen-bond acceptors (Lipinski definition) is 5. The number of fused-ring (bicyclic) bond motifs is 2. The molecule has 4 heterocycles. The molecule has 7 heteroatoms. The van der Waals surface area contributed by atoms with Crippen molar-refractivity contribution in [3.05, 3.63) is 72.4 Å². The Hall–Kier alpha value is -3.74. The smallest absolute Gasteiger partial charge is 0.154 e. The van der Waals surface area contributed by atoms with Crippen LogP contribution in [0.25, 0.3) is 27.9 Å². The number of nitrogens with zero attached hydrogens (tertiary/aromatic N) is 5. The summed E-state index contributed by atoms with van der Waals surface area (Å²) in [6, 6.07) is 14.2. The number of aromatic nitrogens is 6. The highest BCUT2D eigenvalue weighted by atomic mass is 15.3. The van der Waals surface area contributed by atoms with E-state index in [2.05, 4.69) is 50.4 Å². The highest BCUT2D eigenvalue weighted by molar-refractivity contribution is 5.87. The number of rotatable bonds is 4. The second-order valence-corrected chi connectivity index (χ2v) is 6.81. The van der Waals surface area contributed by atoms with Gasteiger partial charge in [0.2, 0.25) is 0 Å². The van der Waals surface area contributed by atoms with Crippen LogP contribution in [0.3, 0.4) is 0 Å². The largest absolute Gasteiger partial charge is 0.363 e. The predicted molar refractivity (Wildman–Crippen MR) is 109 cm³/mol. The minimum absolute atomic E-state index is 0.0299. The Morgan fingerprint density at radius 1 is 1.07 bits per heavy atom. The van der Waals surface area contributed by atoms with Gasteiger partial charge in [0.25, 0.3) is 0 Å². The van der Waals surface area contributed by atoms with Crippen LogP contribution in [0.4, 0.5) is 5.82 Å². The van der Waals surface area contributed by atoms with Gasteiger partial charge in [-0.15, -0.1) is 0 Å². The number of aromatic amines is 1. The van der Waals surface area contributed by atoms with Gasteiger partial charge in [0.05, 0.1) is 29.0 Å². The van der Waals surface area contributed by atoms with E-state index in [9.17, 15) is 0 Å². The Kier molecular flexibility index (Phi) is 3.79. The SMILES string of the molecule is Cc1cnc2cc([C@H](C)Nc3ncnc4[nH]ccc34)c(-c3ccccc3)nn12. The van der Waals surface area contributed by atoms with Gasteiger partial charge in [0.1, 0.15) is 17.8 Å². The monoisotopic (exact) mass is 369 g/mol. The number of imidazole rings is 1. The highest BCUT2D eigenvalue weighted by Gasteiger charge is 2.18. The summed E-state index contributed by atoms with van der Waals surface area (Å²) in [7, 11) is 0. The predicted octanol–water partition coefficient (Wildman–Crippen LogP) is 4.15. The first kappa shape index (κ1) is 16.4. The van der Waals surface area contributed by atoms with Crippen molar-refractivity contribution >= 4 is 22.5 Å². The van der Waals surface area contributed by atoms with Crippen molar-refractivity contribution in [2.45, 2.75) is 19.9 Å². The second kappa shape index (κ2) is 6.45. The van der Waals surface area contributed by atoms with Crippen molar-refractivity contribution in [2.24, 2.45) is 0 Å². The van der Waals surface area contributed by atoms with E-state index in [1.54, 1.807) is 6.33 Å². The summed E-state index contributed by atoms with van der Waals surface area (Å²) < 4.78 is 1.88. The fraction of sp³-hybridized carbons (Fsp3) is 0.143. The van der Waals surface area contributed by atoms with Gasteiger partial charge in [0, 0.05) is 17.3 Å². The van der Waals surface area contributed by atoms with Gasteiger partial charge in [-0.25, -0.2) is 19.5 Å². The lowest BCUT2D eigenvalue weighted by atomic mass is 10.0. The number of benzene rings is 1. The zero-order chi connectivity index (χ0) is 19.1. The third-order valence-corrected chi connectivity index (χ3v) is 4.91. The number of hydrogen-bond donors (Lipinski definition) is 2. The van der Waals surface area contributed by atoms with E-state index in [0.717, 1.165) is 45.0 Å². The fourth-order valence-electron chi connectivity index (χ4n) is 3.46. The summed E-state index contributed by atoms with van der Waals surface area (Å²) in [5.74, 6) is 0.789. The molecule has 2 N–H and O–H groups in total. The summed E-state index contributed by atoms with van der Waals surface area (Å²) in [4.78, 5) is 16.3. The van der Waals surface area contributed by atoms with E-state index in [-0.39, 0.29) is 6.04 Å². The Labute approximate surface area is 161 Å². The molecule has 1 atom stereocenters. The number of H-pyrrole nitrogens is 1. The Balaban J connectivity index is 1.63. The average molecular weight is 369 g/mol. The van der Waals surface area contributed by atoms with Crippen LogP contribution in [0, 0.1) is 6.92 Å². The molecule has 0 aliphatic heterocycles. The number of nitrogens with one attached hydrogen (secondary N) is 2. The maximum atomic E-state index is 4.90. The van der Waals surface area contributed by atoms with Crippen LogP contribution in [0.1, 0.15) is 24.2 Å². The van der Waals surface area contributed by atoms with Crippen LogP contribution >= 0.6 is 0 Å². The third kappa shape index (κ3) is 2.68. The van der Waals surface area contributed by atoms with E-state index in [0.29, 0.717) is 0 Å². The zero-order valence-electron chi connectivity index (χ0n) is 15.6. The van der Waals surface area contributed by atoms with Gasteiger partial charge in [0.15, 0.2) is 5.65 Å². The van der Waals surface area contributed by atoms with Gasteiger partial charge >= 0.3 is 0 Å². The molecule has 0 spiro atoms. The molecule has 0 radical (unpaired) electrons. The average Bonchev–Trinajstić information content (AvgIpc) is 3.35. The lowest BCUT2D eigenvalue weighted by Crippen LogP contribution is -2.12. The van der Waals surface area contributed by atoms with Gasteiger partial charge in [-0.3, -0.25) is 0 Å². The van der Waals surface area contributed by atoms with Crippen molar-refractivity contribution in [3.63, 3.8) is 0 Å². The van der Waals surface area contributed by atoms with Crippen LogP contribution in [0.2, 0.25) is 0 Å². The second-order valence-electron chi connectivity index (χ2n) is 6.81. The molecule has 0 aliphatic carbocycles. The van der Waals surface area contributed by atoms with Crippen molar-refractivity contribution in [3.8, 4) is 11.3 Å². The minimum atomic E-state index is -0.0299. The standard InChI is InChI=1S/C21H19N7/c1-13-11-23-18-10-17(19(27-28(13)18)15-6-4-3-5-7-15)14(2)26-21-16-8-9-22-20(16)24-12-25-21/h3-12,14H,1-2H3,(H2,22,24,25,26)/t14-/m0/s1. The molecule has 0 unspecified atom stereocenters. The molecule has 5 rings (SSSR count). The van der Waals surface area contributed by atoms with Gasteiger partial charge in [-0.05, 0) is 26.0 Å². The van der Waals surface area contributed by atoms with E-state index in [4.69, 9.17) is 5.10 Å². The molecule has 28 heavy (non-hydrogen) atoms. The van der Waals surface area contributed by atoms with Crippen molar-refractivity contribution < 1.29 is 0 Å². The van der Waals surface area contributed by atoms with Crippen LogP contribution in [0.15, 0.2) is 61.2 Å². The molecule has 0 bridgehead atoms. The van der Waals surface area contributed by atoms with Gasteiger partial charge in [-0.1, -0.05) is 30.3 Å². The number of anilines is 1. The quantitative estimate of drug-likeness (QED) is 0.497. The molecule has 138 valence electrons. The Morgan fingerprint density at radius 3 is 2.79 bits per heavy atom. The van der Waals surface area contributed by atoms with Gasteiger partial charge < -0.3 is 10.3 Å². The van der Waals surface area contributed by atoms with E-state index in [1.807, 2.05) is 48.1 Å². The molecule has 0 saturated heterocycles. The summed E-state index contributed by atoms with van der Waals surface area (Å²) >= 11 is 0. The van der Waals surface area contributed by atoms with Crippen LogP contribution in [0.5, 0.6) is 0 Å². The van der Waals surface area contributed by atoms with Crippen LogP contribution < -0.4 is 5.32 Å². The lowest BCUT2D eigenvalue weighted by molar-refractivity contribution is 0.833. The van der Waals surface area contributed by atoms with Gasteiger partial charge in [-0.2, -0.15) is 5.10 Å².